The smallest absolute Gasteiger partial charge is 0.234 e. The molecule has 0 bridgehead atoms. The maximum Gasteiger partial charge on any atom is 0.234 e. The predicted molar refractivity (Wildman–Crippen MR) is 108 cm³/mol. The van der Waals surface area contributed by atoms with Crippen molar-refractivity contribution in [2.24, 2.45) is 7.05 Å². The number of thiophene rings is 1. The molecule has 8 heteroatoms. The van der Waals surface area contributed by atoms with Gasteiger partial charge in [-0.05, 0) is 42.5 Å². The molecule has 1 aromatic carbocycles. The molecule has 0 spiro atoms. The van der Waals surface area contributed by atoms with E-state index < -0.39 is 0 Å². The fraction of sp³-hybridized carbons (Fsp3) is 0.278. The molecule has 5 nitrogen and oxygen atoms in total. The van der Waals surface area contributed by atoms with E-state index in [1.165, 1.54) is 16.6 Å². The standard InChI is InChI=1S/C18H19ClN4OS2/c1-11-7-12(2)17(14(19)8-11)20-16(24)10-26-18-22-21-15(23(18)3)9-13-5-4-6-25-13/h4-8H,9-10H2,1-3H3,(H,20,24). The van der Waals surface area contributed by atoms with Crippen LogP contribution in [0, 0.1) is 13.8 Å². The van der Waals surface area contributed by atoms with Gasteiger partial charge in [0, 0.05) is 18.3 Å². The SMILES string of the molecule is Cc1cc(C)c(NC(=O)CSc2nnc(Cc3cccs3)n2C)c(Cl)c1. The topological polar surface area (TPSA) is 59.8 Å². The van der Waals surface area contributed by atoms with Gasteiger partial charge in [0.1, 0.15) is 5.82 Å². The molecule has 3 aromatic rings. The number of benzene rings is 1. The second-order valence-electron chi connectivity index (χ2n) is 5.99. The summed E-state index contributed by atoms with van der Waals surface area (Å²) < 4.78 is 1.93. The first-order valence-electron chi connectivity index (χ1n) is 8.04. The van der Waals surface area contributed by atoms with Gasteiger partial charge in [0.2, 0.25) is 5.91 Å². The summed E-state index contributed by atoms with van der Waals surface area (Å²) in [5.41, 5.74) is 2.68. The summed E-state index contributed by atoms with van der Waals surface area (Å²) in [7, 11) is 1.92. The first-order valence-corrected chi connectivity index (χ1v) is 10.3. The van der Waals surface area contributed by atoms with Gasteiger partial charge < -0.3 is 9.88 Å². The van der Waals surface area contributed by atoms with E-state index in [2.05, 4.69) is 21.6 Å². The number of nitrogens with one attached hydrogen (secondary N) is 1. The normalized spacial score (nSPS) is 10.9. The van der Waals surface area contributed by atoms with Crippen LogP contribution in [-0.2, 0) is 18.3 Å². The Bertz CT molecular complexity index is 898. The van der Waals surface area contributed by atoms with Crippen molar-refractivity contribution in [3.8, 4) is 0 Å². The minimum atomic E-state index is -0.119. The number of amides is 1. The number of hydrogen-bond acceptors (Lipinski definition) is 5. The third kappa shape index (κ3) is 4.47. The summed E-state index contributed by atoms with van der Waals surface area (Å²) in [6, 6.07) is 7.94. The van der Waals surface area contributed by atoms with Gasteiger partial charge in [-0.1, -0.05) is 35.5 Å². The summed E-state index contributed by atoms with van der Waals surface area (Å²) in [5.74, 6) is 1.01. The van der Waals surface area contributed by atoms with Crippen molar-refractivity contribution in [2.75, 3.05) is 11.1 Å². The van der Waals surface area contributed by atoms with E-state index in [1.54, 1.807) is 11.3 Å². The zero-order valence-corrected chi connectivity index (χ0v) is 17.1. The molecule has 1 N–H and O–H groups in total. The molecule has 0 aliphatic heterocycles. The second-order valence-corrected chi connectivity index (χ2v) is 8.37. The molecule has 26 heavy (non-hydrogen) atoms. The van der Waals surface area contributed by atoms with Crippen molar-refractivity contribution in [1.29, 1.82) is 0 Å². The highest BCUT2D eigenvalue weighted by atomic mass is 35.5. The van der Waals surface area contributed by atoms with Gasteiger partial charge in [-0.25, -0.2) is 0 Å². The lowest BCUT2D eigenvalue weighted by molar-refractivity contribution is -0.113. The highest BCUT2D eigenvalue weighted by molar-refractivity contribution is 7.99. The number of halogens is 1. The van der Waals surface area contributed by atoms with Crippen molar-refractivity contribution in [3.63, 3.8) is 0 Å². The zero-order valence-electron chi connectivity index (χ0n) is 14.7. The number of carbonyl (C=O) groups is 1. The predicted octanol–water partition coefficient (Wildman–Crippen LogP) is 4.47. The Morgan fingerprint density at radius 2 is 2.15 bits per heavy atom. The van der Waals surface area contributed by atoms with Crippen molar-refractivity contribution in [1.82, 2.24) is 14.8 Å². The molecule has 0 unspecified atom stereocenters. The van der Waals surface area contributed by atoms with Gasteiger partial charge in [-0.15, -0.1) is 21.5 Å². The van der Waals surface area contributed by atoms with E-state index in [0.717, 1.165) is 28.5 Å². The molecular formula is C18H19ClN4OS2. The van der Waals surface area contributed by atoms with E-state index in [4.69, 9.17) is 11.6 Å². The molecule has 0 atom stereocenters. The first-order chi connectivity index (χ1) is 12.4. The average Bonchev–Trinajstić information content (AvgIpc) is 3.21. The zero-order chi connectivity index (χ0) is 18.7. The van der Waals surface area contributed by atoms with Crippen LogP contribution in [0.3, 0.4) is 0 Å². The van der Waals surface area contributed by atoms with Crippen LogP contribution in [0.2, 0.25) is 5.02 Å². The Hall–Kier alpha value is -1.83. The summed E-state index contributed by atoms with van der Waals surface area (Å²) in [6.45, 7) is 3.91. The molecule has 2 aromatic heterocycles. The molecule has 0 aliphatic carbocycles. The van der Waals surface area contributed by atoms with Gasteiger partial charge in [0.15, 0.2) is 5.16 Å². The lowest BCUT2D eigenvalue weighted by Gasteiger charge is -2.11. The lowest BCUT2D eigenvalue weighted by atomic mass is 10.1. The van der Waals surface area contributed by atoms with Crippen LogP contribution in [0.4, 0.5) is 5.69 Å². The number of anilines is 1. The molecule has 0 saturated carbocycles. The maximum absolute atomic E-state index is 12.3. The Labute approximate surface area is 165 Å². The Morgan fingerprint density at radius 1 is 1.35 bits per heavy atom. The van der Waals surface area contributed by atoms with Crippen molar-refractivity contribution in [3.05, 3.63) is 56.5 Å². The average molecular weight is 407 g/mol. The number of aromatic nitrogens is 3. The number of aryl methyl sites for hydroxylation is 2. The minimum Gasteiger partial charge on any atom is -0.324 e. The highest BCUT2D eigenvalue weighted by Crippen LogP contribution is 2.28. The summed E-state index contributed by atoms with van der Waals surface area (Å²) in [4.78, 5) is 13.5. The first kappa shape index (κ1) is 18.9. The van der Waals surface area contributed by atoms with E-state index in [-0.39, 0.29) is 11.7 Å². The van der Waals surface area contributed by atoms with Gasteiger partial charge in [-0.2, -0.15) is 0 Å². The molecule has 3 rings (SSSR count). The molecule has 0 saturated heterocycles. The van der Waals surface area contributed by atoms with Crippen LogP contribution >= 0.6 is 34.7 Å². The third-order valence-electron chi connectivity index (χ3n) is 3.87. The van der Waals surface area contributed by atoms with Crippen LogP contribution in [0.5, 0.6) is 0 Å². The van der Waals surface area contributed by atoms with Crippen LogP contribution in [0.25, 0.3) is 0 Å². The van der Waals surface area contributed by atoms with Crippen LogP contribution in [-0.4, -0.2) is 26.4 Å². The number of nitrogens with zero attached hydrogens (tertiary/aromatic N) is 3. The van der Waals surface area contributed by atoms with Gasteiger partial charge >= 0.3 is 0 Å². The molecular weight excluding hydrogens is 388 g/mol. The summed E-state index contributed by atoms with van der Waals surface area (Å²) in [6.07, 6.45) is 0.742. The molecule has 0 fully saturated rings. The van der Waals surface area contributed by atoms with Gasteiger partial charge in [-0.3, -0.25) is 4.79 Å². The fourth-order valence-electron chi connectivity index (χ4n) is 2.57. The summed E-state index contributed by atoms with van der Waals surface area (Å²) >= 11 is 9.30. The Kier molecular flexibility index (Phi) is 6.01. The third-order valence-corrected chi connectivity index (χ3v) is 6.06. The quantitative estimate of drug-likeness (QED) is 0.613. The van der Waals surface area contributed by atoms with Crippen molar-refractivity contribution in [2.45, 2.75) is 25.4 Å². The van der Waals surface area contributed by atoms with Crippen molar-refractivity contribution < 1.29 is 4.79 Å². The number of carbonyl (C=O) groups excluding carboxylic acids is 1. The van der Waals surface area contributed by atoms with E-state index >= 15 is 0 Å². The van der Waals surface area contributed by atoms with Crippen LogP contribution < -0.4 is 5.32 Å². The Morgan fingerprint density at radius 3 is 2.85 bits per heavy atom. The fourth-order valence-corrected chi connectivity index (χ4v) is 4.37. The van der Waals surface area contributed by atoms with Crippen LogP contribution in [0.1, 0.15) is 21.8 Å². The minimum absolute atomic E-state index is 0.119. The second kappa shape index (κ2) is 8.24. The number of thioether (sulfide) groups is 1. The summed E-state index contributed by atoms with van der Waals surface area (Å²) in [5, 5.41) is 14.6. The molecule has 1 amide bonds. The lowest BCUT2D eigenvalue weighted by Crippen LogP contribution is -2.15. The van der Waals surface area contributed by atoms with E-state index in [9.17, 15) is 4.79 Å². The maximum atomic E-state index is 12.3. The van der Waals surface area contributed by atoms with Crippen molar-refractivity contribution >= 4 is 46.3 Å². The van der Waals surface area contributed by atoms with E-state index in [1.807, 2.05) is 49.0 Å². The van der Waals surface area contributed by atoms with Gasteiger partial charge in [0.25, 0.3) is 0 Å². The molecule has 2 heterocycles. The molecule has 0 aliphatic rings. The number of rotatable bonds is 6. The van der Waals surface area contributed by atoms with Gasteiger partial charge in [0.05, 0.1) is 16.5 Å². The largest absolute Gasteiger partial charge is 0.324 e. The Balaban J connectivity index is 1.61. The monoisotopic (exact) mass is 406 g/mol. The molecule has 136 valence electrons. The molecule has 0 radical (unpaired) electrons. The van der Waals surface area contributed by atoms with E-state index in [0.29, 0.717) is 10.7 Å². The highest BCUT2D eigenvalue weighted by Gasteiger charge is 2.14. The van der Waals surface area contributed by atoms with Crippen LogP contribution in [0.15, 0.2) is 34.8 Å². The number of hydrogen-bond donors (Lipinski definition) is 1.